The summed E-state index contributed by atoms with van der Waals surface area (Å²) in [7, 11) is 0. The Hall–Kier alpha value is -2.53. The Morgan fingerprint density at radius 3 is 2.40 bits per heavy atom. The van der Waals surface area contributed by atoms with E-state index in [4.69, 9.17) is 0 Å². The molecule has 0 atom stereocenters. The Kier molecular flexibility index (Phi) is 3.52. The van der Waals surface area contributed by atoms with Gasteiger partial charge in [-0.05, 0) is 36.4 Å². The highest BCUT2D eigenvalue weighted by molar-refractivity contribution is 7.13. The predicted octanol–water partition coefficient (Wildman–Crippen LogP) is 3.46. The van der Waals surface area contributed by atoms with Gasteiger partial charge in [0.15, 0.2) is 0 Å². The van der Waals surface area contributed by atoms with Crippen LogP contribution in [0.15, 0.2) is 60.4 Å². The number of nitrogens with one attached hydrogen (secondary N) is 1. The maximum Gasteiger partial charge on any atom is 0.255 e. The number of hydrogen-bond acceptors (Lipinski definition) is 4. The molecule has 3 aromatic rings. The topological polar surface area (TPSA) is 54.9 Å². The molecule has 2 heterocycles. The van der Waals surface area contributed by atoms with Gasteiger partial charge in [-0.2, -0.15) is 0 Å². The molecule has 0 saturated carbocycles. The van der Waals surface area contributed by atoms with Gasteiger partial charge >= 0.3 is 0 Å². The molecule has 0 spiro atoms. The van der Waals surface area contributed by atoms with Crippen LogP contribution in [0, 0.1) is 0 Å². The van der Waals surface area contributed by atoms with Gasteiger partial charge in [-0.3, -0.25) is 9.78 Å². The Balaban J connectivity index is 1.74. The van der Waals surface area contributed by atoms with Crippen LogP contribution in [0.4, 0.5) is 5.69 Å². The number of aromatic nitrogens is 2. The summed E-state index contributed by atoms with van der Waals surface area (Å²) in [5.41, 5.74) is 2.39. The van der Waals surface area contributed by atoms with Gasteiger partial charge in [0, 0.05) is 40.8 Å². The van der Waals surface area contributed by atoms with Gasteiger partial charge in [-0.15, -0.1) is 11.3 Å². The van der Waals surface area contributed by atoms with E-state index in [1.807, 2.05) is 29.6 Å². The number of rotatable bonds is 3. The molecule has 98 valence electrons. The maximum absolute atomic E-state index is 12.0. The molecular formula is C15H11N3OS. The molecule has 5 heteroatoms. The van der Waals surface area contributed by atoms with E-state index >= 15 is 0 Å². The van der Waals surface area contributed by atoms with Crippen LogP contribution in [0.1, 0.15) is 10.4 Å². The lowest BCUT2D eigenvalue weighted by Crippen LogP contribution is -2.11. The van der Waals surface area contributed by atoms with E-state index < -0.39 is 0 Å². The van der Waals surface area contributed by atoms with Gasteiger partial charge in [0.2, 0.25) is 0 Å². The highest BCUT2D eigenvalue weighted by Crippen LogP contribution is 2.23. The summed E-state index contributed by atoms with van der Waals surface area (Å²) in [5.74, 6) is -0.144. The number of hydrogen-bond donors (Lipinski definition) is 1. The lowest BCUT2D eigenvalue weighted by Gasteiger charge is -2.05. The summed E-state index contributed by atoms with van der Waals surface area (Å²) in [6.07, 6.45) is 4.97. The van der Waals surface area contributed by atoms with E-state index in [1.54, 1.807) is 42.1 Å². The molecule has 1 amide bonds. The van der Waals surface area contributed by atoms with Crippen molar-refractivity contribution < 1.29 is 4.79 Å². The summed E-state index contributed by atoms with van der Waals surface area (Å²) >= 11 is 1.59. The SMILES string of the molecule is O=C(Nc1ccc(-c2nccs2)cc1)c1ccncc1. The largest absolute Gasteiger partial charge is 0.322 e. The van der Waals surface area contributed by atoms with Gasteiger partial charge in [-0.25, -0.2) is 4.98 Å². The third-order valence-electron chi connectivity index (χ3n) is 2.76. The van der Waals surface area contributed by atoms with Crippen molar-refractivity contribution in [2.75, 3.05) is 5.32 Å². The lowest BCUT2D eigenvalue weighted by molar-refractivity contribution is 0.102. The van der Waals surface area contributed by atoms with Crippen molar-refractivity contribution in [3.63, 3.8) is 0 Å². The average Bonchev–Trinajstić information content (AvgIpc) is 3.03. The van der Waals surface area contributed by atoms with Gasteiger partial charge in [0.25, 0.3) is 5.91 Å². The van der Waals surface area contributed by atoms with Gasteiger partial charge in [0.1, 0.15) is 5.01 Å². The van der Waals surface area contributed by atoms with Crippen LogP contribution in [0.25, 0.3) is 10.6 Å². The molecule has 0 aliphatic carbocycles. The fourth-order valence-corrected chi connectivity index (χ4v) is 2.41. The van der Waals surface area contributed by atoms with E-state index in [-0.39, 0.29) is 5.91 Å². The molecule has 2 aromatic heterocycles. The van der Waals surface area contributed by atoms with Crippen molar-refractivity contribution >= 4 is 22.9 Å². The predicted molar refractivity (Wildman–Crippen MR) is 79.7 cm³/mol. The molecule has 3 rings (SSSR count). The van der Waals surface area contributed by atoms with Crippen LogP contribution in [0.5, 0.6) is 0 Å². The first-order valence-electron chi connectivity index (χ1n) is 6.04. The fraction of sp³-hybridized carbons (Fsp3) is 0. The van der Waals surface area contributed by atoms with Crippen molar-refractivity contribution in [3.05, 3.63) is 65.9 Å². The molecule has 0 unspecified atom stereocenters. The summed E-state index contributed by atoms with van der Waals surface area (Å²) in [6.45, 7) is 0. The molecule has 0 radical (unpaired) electrons. The smallest absolute Gasteiger partial charge is 0.255 e. The second kappa shape index (κ2) is 5.63. The minimum Gasteiger partial charge on any atom is -0.322 e. The van der Waals surface area contributed by atoms with Gasteiger partial charge in [0.05, 0.1) is 0 Å². The summed E-state index contributed by atoms with van der Waals surface area (Å²) < 4.78 is 0. The minimum atomic E-state index is -0.144. The molecule has 0 aliphatic heterocycles. The molecule has 0 bridgehead atoms. The van der Waals surface area contributed by atoms with Crippen LogP contribution in [0.3, 0.4) is 0 Å². The molecule has 4 nitrogen and oxygen atoms in total. The molecule has 1 N–H and O–H groups in total. The Bertz CT molecular complexity index is 694. The Morgan fingerprint density at radius 1 is 1.00 bits per heavy atom. The van der Waals surface area contributed by atoms with E-state index in [0.717, 1.165) is 16.3 Å². The first-order chi connectivity index (χ1) is 9.83. The monoisotopic (exact) mass is 281 g/mol. The van der Waals surface area contributed by atoms with Gasteiger partial charge < -0.3 is 5.32 Å². The summed E-state index contributed by atoms with van der Waals surface area (Å²) in [6, 6.07) is 11.0. The first-order valence-corrected chi connectivity index (χ1v) is 6.92. The minimum absolute atomic E-state index is 0.144. The summed E-state index contributed by atoms with van der Waals surface area (Å²) in [5, 5.41) is 5.76. The number of pyridine rings is 1. The van der Waals surface area contributed by atoms with Crippen LogP contribution in [0.2, 0.25) is 0 Å². The quantitative estimate of drug-likeness (QED) is 0.800. The molecule has 20 heavy (non-hydrogen) atoms. The van der Waals surface area contributed by atoms with E-state index in [2.05, 4.69) is 15.3 Å². The van der Waals surface area contributed by atoms with Crippen LogP contribution in [-0.4, -0.2) is 15.9 Å². The molecule has 1 aromatic carbocycles. The van der Waals surface area contributed by atoms with Crippen molar-refractivity contribution in [2.24, 2.45) is 0 Å². The highest BCUT2D eigenvalue weighted by atomic mass is 32.1. The molecular weight excluding hydrogens is 270 g/mol. The maximum atomic E-state index is 12.0. The van der Waals surface area contributed by atoms with E-state index in [0.29, 0.717) is 5.56 Å². The number of carbonyl (C=O) groups is 1. The third kappa shape index (κ3) is 2.73. The highest BCUT2D eigenvalue weighted by Gasteiger charge is 2.06. The first kappa shape index (κ1) is 12.5. The third-order valence-corrected chi connectivity index (χ3v) is 3.59. The van der Waals surface area contributed by atoms with Gasteiger partial charge in [-0.1, -0.05) is 0 Å². The second-order valence-corrected chi connectivity index (χ2v) is 5.00. The standard InChI is InChI=1S/C15H11N3OS/c19-14(11-5-7-16-8-6-11)18-13-3-1-12(2-4-13)15-17-9-10-20-15/h1-10H,(H,18,19). The van der Waals surface area contributed by atoms with Crippen molar-refractivity contribution in [2.45, 2.75) is 0 Å². The van der Waals surface area contributed by atoms with Crippen LogP contribution >= 0.6 is 11.3 Å². The Labute approximate surface area is 120 Å². The van der Waals surface area contributed by atoms with Crippen LogP contribution in [-0.2, 0) is 0 Å². The fourth-order valence-electron chi connectivity index (χ4n) is 1.77. The van der Waals surface area contributed by atoms with Crippen molar-refractivity contribution in [3.8, 4) is 10.6 Å². The molecule has 0 fully saturated rings. The average molecular weight is 281 g/mol. The van der Waals surface area contributed by atoms with E-state index in [9.17, 15) is 4.79 Å². The lowest BCUT2D eigenvalue weighted by atomic mass is 10.2. The summed E-state index contributed by atoms with van der Waals surface area (Å²) in [4.78, 5) is 20.1. The molecule has 0 aliphatic rings. The Morgan fingerprint density at radius 2 is 1.75 bits per heavy atom. The molecule has 0 saturated heterocycles. The number of benzene rings is 1. The van der Waals surface area contributed by atoms with E-state index in [1.165, 1.54) is 0 Å². The number of carbonyl (C=O) groups excluding carboxylic acids is 1. The number of nitrogens with zero attached hydrogens (tertiary/aromatic N) is 2. The normalized spacial score (nSPS) is 10.2. The van der Waals surface area contributed by atoms with Crippen molar-refractivity contribution in [1.29, 1.82) is 0 Å². The van der Waals surface area contributed by atoms with Crippen molar-refractivity contribution in [1.82, 2.24) is 9.97 Å². The second-order valence-electron chi connectivity index (χ2n) is 4.10. The number of thiazole rings is 1. The zero-order valence-electron chi connectivity index (χ0n) is 10.5. The number of amides is 1. The zero-order valence-corrected chi connectivity index (χ0v) is 11.3. The number of anilines is 1. The van der Waals surface area contributed by atoms with Crippen LogP contribution < -0.4 is 5.32 Å². The zero-order chi connectivity index (χ0) is 13.8.